The molecule has 0 bridgehead atoms. The van der Waals surface area contributed by atoms with Gasteiger partial charge in [-0.1, -0.05) is 11.6 Å². The fourth-order valence-electron chi connectivity index (χ4n) is 2.62. The number of ether oxygens (including phenoxy) is 1. The highest BCUT2D eigenvalue weighted by molar-refractivity contribution is 6.30. The molecule has 22 heavy (non-hydrogen) atoms. The lowest BCUT2D eigenvalue weighted by Gasteiger charge is -2.37. The van der Waals surface area contributed by atoms with Crippen molar-refractivity contribution in [2.75, 3.05) is 13.2 Å². The van der Waals surface area contributed by atoms with E-state index >= 15 is 0 Å². The molecular weight excluding hydrogens is 304 g/mol. The van der Waals surface area contributed by atoms with Crippen molar-refractivity contribution in [3.63, 3.8) is 0 Å². The van der Waals surface area contributed by atoms with Gasteiger partial charge in [0.25, 0.3) is 0 Å². The molecule has 2 rings (SSSR count). The van der Waals surface area contributed by atoms with Gasteiger partial charge < -0.3 is 15.4 Å². The van der Waals surface area contributed by atoms with E-state index in [1.54, 1.807) is 29.2 Å². The average Bonchev–Trinajstić information content (AvgIpc) is 2.49. The van der Waals surface area contributed by atoms with Crippen LogP contribution in [0.25, 0.3) is 0 Å². The van der Waals surface area contributed by atoms with E-state index in [2.05, 4.69) is 0 Å². The molecule has 1 fully saturated rings. The number of likely N-dealkylation sites (tertiary alicyclic amines) is 1. The fraction of sp³-hybridized carbons (Fsp3) is 0.500. The standard InChI is InChI=1S/C16H21ClN2O3/c1-11-2-3-12(16(18)21)10-19(11)15(20)8-9-22-14-6-4-13(17)5-7-14/h4-7,11-12H,2-3,8-10H2,1H3,(H2,18,21). The molecule has 1 aromatic carbocycles. The zero-order chi connectivity index (χ0) is 16.1. The van der Waals surface area contributed by atoms with Gasteiger partial charge >= 0.3 is 0 Å². The molecule has 120 valence electrons. The van der Waals surface area contributed by atoms with Crippen LogP contribution in [-0.4, -0.2) is 35.9 Å². The van der Waals surface area contributed by atoms with Gasteiger partial charge in [-0.3, -0.25) is 9.59 Å². The number of primary amides is 1. The molecule has 0 aromatic heterocycles. The third-order valence-electron chi connectivity index (χ3n) is 4.00. The van der Waals surface area contributed by atoms with Crippen LogP contribution in [-0.2, 0) is 9.59 Å². The first kappa shape index (κ1) is 16.6. The minimum atomic E-state index is -0.331. The number of carbonyl (C=O) groups excluding carboxylic acids is 2. The first-order valence-corrected chi connectivity index (χ1v) is 7.82. The van der Waals surface area contributed by atoms with E-state index in [0.29, 0.717) is 23.9 Å². The number of benzene rings is 1. The third kappa shape index (κ3) is 4.37. The summed E-state index contributed by atoms with van der Waals surface area (Å²) in [4.78, 5) is 25.3. The summed E-state index contributed by atoms with van der Waals surface area (Å²) in [6.07, 6.45) is 1.83. The maximum Gasteiger partial charge on any atom is 0.226 e. The smallest absolute Gasteiger partial charge is 0.226 e. The first-order valence-electron chi connectivity index (χ1n) is 7.44. The van der Waals surface area contributed by atoms with Gasteiger partial charge in [0.05, 0.1) is 18.9 Å². The Hall–Kier alpha value is -1.75. The van der Waals surface area contributed by atoms with Crippen LogP contribution in [0.2, 0.25) is 5.02 Å². The lowest BCUT2D eigenvalue weighted by atomic mass is 9.92. The molecule has 1 heterocycles. The molecule has 2 amide bonds. The van der Waals surface area contributed by atoms with Crippen LogP contribution >= 0.6 is 11.6 Å². The molecule has 1 aliphatic rings. The van der Waals surface area contributed by atoms with Crippen LogP contribution < -0.4 is 10.5 Å². The molecule has 2 atom stereocenters. The number of nitrogens with zero attached hydrogens (tertiary/aromatic N) is 1. The van der Waals surface area contributed by atoms with Gasteiger partial charge in [0.15, 0.2) is 0 Å². The Morgan fingerprint density at radius 2 is 2.00 bits per heavy atom. The summed E-state index contributed by atoms with van der Waals surface area (Å²) in [5.74, 6) is 0.103. The number of carbonyl (C=O) groups is 2. The second-order valence-electron chi connectivity index (χ2n) is 5.62. The summed E-state index contributed by atoms with van der Waals surface area (Å²) >= 11 is 5.80. The molecule has 5 nitrogen and oxygen atoms in total. The van der Waals surface area contributed by atoms with Crippen LogP contribution in [0.1, 0.15) is 26.2 Å². The van der Waals surface area contributed by atoms with Crippen molar-refractivity contribution in [1.82, 2.24) is 4.90 Å². The van der Waals surface area contributed by atoms with E-state index in [0.717, 1.165) is 12.8 Å². The van der Waals surface area contributed by atoms with Gasteiger partial charge in [0.1, 0.15) is 5.75 Å². The second-order valence-corrected chi connectivity index (χ2v) is 6.06. The van der Waals surface area contributed by atoms with Crippen molar-refractivity contribution in [2.24, 2.45) is 11.7 Å². The maximum absolute atomic E-state index is 12.3. The van der Waals surface area contributed by atoms with E-state index in [9.17, 15) is 9.59 Å². The van der Waals surface area contributed by atoms with Gasteiger partial charge in [-0.15, -0.1) is 0 Å². The summed E-state index contributed by atoms with van der Waals surface area (Å²) in [6, 6.07) is 7.14. The zero-order valence-electron chi connectivity index (χ0n) is 12.6. The zero-order valence-corrected chi connectivity index (χ0v) is 13.4. The summed E-state index contributed by atoms with van der Waals surface area (Å²) in [5.41, 5.74) is 5.35. The Bertz CT molecular complexity index is 533. The minimum absolute atomic E-state index is 0.00702. The molecule has 0 aliphatic carbocycles. The SMILES string of the molecule is CC1CCC(C(N)=O)CN1C(=O)CCOc1ccc(Cl)cc1. The molecule has 2 N–H and O–H groups in total. The average molecular weight is 325 g/mol. The monoisotopic (exact) mass is 324 g/mol. The van der Waals surface area contributed by atoms with Gasteiger partial charge in [0.2, 0.25) is 11.8 Å². The molecule has 1 saturated heterocycles. The molecule has 0 spiro atoms. The Kier molecular flexibility index (Phi) is 5.66. The number of piperidine rings is 1. The number of rotatable bonds is 5. The fourth-order valence-corrected chi connectivity index (χ4v) is 2.74. The number of nitrogens with two attached hydrogens (primary N) is 1. The van der Waals surface area contributed by atoms with Crippen LogP contribution in [0, 0.1) is 5.92 Å². The van der Waals surface area contributed by atoms with Gasteiger partial charge in [-0.2, -0.15) is 0 Å². The van der Waals surface area contributed by atoms with E-state index in [-0.39, 0.29) is 30.2 Å². The third-order valence-corrected chi connectivity index (χ3v) is 4.26. The Labute approximate surface area is 135 Å². The first-order chi connectivity index (χ1) is 10.5. The van der Waals surface area contributed by atoms with Gasteiger partial charge in [-0.25, -0.2) is 0 Å². The van der Waals surface area contributed by atoms with Crippen LogP contribution in [0.4, 0.5) is 0 Å². The van der Waals surface area contributed by atoms with Crippen molar-refractivity contribution in [3.8, 4) is 5.75 Å². The van der Waals surface area contributed by atoms with Crippen LogP contribution in [0.15, 0.2) is 24.3 Å². The van der Waals surface area contributed by atoms with Crippen molar-refractivity contribution < 1.29 is 14.3 Å². The Morgan fingerprint density at radius 3 is 2.64 bits per heavy atom. The highest BCUT2D eigenvalue weighted by Gasteiger charge is 2.31. The summed E-state index contributed by atoms with van der Waals surface area (Å²) < 4.78 is 5.53. The summed E-state index contributed by atoms with van der Waals surface area (Å²) in [7, 11) is 0. The lowest BCUT2D eigenvalue weighted by molar-refractivity contribution is -0.138. The number of hydrogen-bond acceptors (Lipinski definition) is 3. The van der Waals surface area contributed by atoms with E-state index in [1.807, 2.05) is 6.92 Å². The number of halogens is 1. The topological polar surface area (TPSA) is 72.6 Å². The van der Waals surface area contributed by atoms with E-state index in [4.69, 9.17) is 22.1 Å². The number of amides is 2. The lowest BCUT2D eigenvalue weighted by Crippen LogP contribution is -2.48. The predicted octanol–water partition coefficient (Wildman–Crippen LogP) is 2.22. The van der Waals surface area contributed by atoms with Crippen molar-refractivity contribution >= 4 is 23.4 Å². The summed E-state index contributed by atoms with van der Waals surface area (Å²) in [6.45, 7) is 2.70. The number of hydrogen-bond donors (Lipinski definition) is 1. The van der Waals surface area contributed by atoms with Crippen molar-refractivity contribution in [1.29, 1.82) is 0 Å². The molecule has 1 aliphatic heterocycles. The molecule has 1 aromatic rings. The van der Waals surface area contributed by atoms with E-state index < -0.39 is 0 Å². The second kappa shape index (κ2) is 7.49. The van der Waals surface area contributed by atoms with Crippen molar-refractivity contribution in [3.05, 3.63) is 29.3 Å². The Morgan fingerprint density at radius 1 is 1.32 bits per heavy atom. The van der Waals surface area contributed by atoms with Gasteiger partial charge in [-0.05, 0) is 44.0 Å². The maximum atomic E-state index is 12.3. The minimum Gasteiger partial charge on any atom is -0.493 e. The highest BCUT2D eigenvalue weighted by atomic mass is 35.5. The van der Waals surface area contributed by atoms with E-state index in [1.165, 1.54) is 0 Å². The quantitative estimate of drug-likeness (QED) is 0.902. The van der Waals surface area contributed by atoms with Crippen LogP contribution in [0.5, 0.6) is 5.75 Å². The molecule has 6 heteroatoms. The van der Waals surface area contributed by atoms with Crippen molar-refractivity contribution in [2.45, 2.75) is 32.2 Å². The largest absolute Gasteiger partial charge is 0.493 e. The van der Waals surface area contributed by atoms with Crippen LogP contribution in [0.3, 0.4) is 0 Å². The molecule has 0 radical (unpaired) electrons. The Balaban J connectivity index is 1.82. The molecular formula is C16H21ClN2O3. The highest BCUT2D eigenvalue weighted by Crippen LogP contribution is 2.22. The summed E-state index contributed by atoms with van der Waals surface area (Å²) in [5, 5.41) is 0.642. The molecule has 0 saturated carbocycles. The predicted molar refractivity (Wildman–Crippen MR) is 84.7 cm³/mol. The molecule has 2 unspecified atom stereocenters. The normalized spacial score (nSPS) is 21.5. The van der Waals surface area contributed by atoms with Gasteiger partial charge in [0, 0.05) is 17.6 Å².